The molecule has 0 radical (unpaired) electrons. The Bertz CT molecular complexity index is 1060. The number of aliphatic hydroxyl groups is 1. The van der Waals surface area contributed by atoms with Crippen LogP contribution in [0.2, 0.25) is 0 Å². The summed E-state index contributed by atoms with van der Waals surface area (Å²) >= 11 is 0. The third kappa shape index (κ3) is 4.64. The van der Waals surface area contributed by atoms with E-state index < -0.39 is 6.29 Å². The Balaban J connectivity index is 1.48. The van der Waals surface area contributed by atoms with Gasteiger partial charge in [-0.1, -0.05) is 55.3 Å². The molecule has 0 unspecified atom stereocenters. The molecule has 0 aromatic heterocycles. The van der Waals surface area contributed by atoms with Gasteiger partial charge in [-0.3, -0.25) is 4.79 Å². The Morgan fingerprint density at radius 3 is 2.71 bits per heavy atom. The van der Waals surface area contributed by atoms with E-state index in [0.29, 0.717) is 18.8 Å². The fraction of sp³-hybridized carbons (Fsp3) is 0.483. The van der Waals surface area contributed by atoms with Gasteiger partial charge in [0.2, 0.25) is 6.29 Å². The number of hydrogen-bond acceptors (Lipinski definition) is 4. The zero-order valence-corrected chi connectivity index (χ0v) is 20.0. The molecule has 5 heteroatoms. The van der Waals surface area contributed by atoms with Crippen LogP contribution in [0.5, 0.6) is 0 Å². The van der Waals surface area contributed by atoms with Crippen molar-refractivity contribution in [3.8, 4) is 11.1 Å². The second-order valence-electron chi connectivity index (χ2n) is 9.73. The minimum absolute atomic E-state index is 0.0183. The van der Waals surface area contributed by atoms with Crippen LogP contribution in [-0.2, 0) is 20.7 Å². The molecule has 34 heavy (non-hydrogen) atoms. The summed E-state index contributed by atoms with van der Waals surface area (Å²) in [7, 11) is 0. The first-order valence-corrected chi connectivity index (χ1v) is 12.8. The number of fused-ring (bicyclic) bond motifs is 3. The Morgan fingerprint density at radius 2 is 1.91 bits per heavy atom. The summed E-state index contributed by atoms with van der Waals surface area (Å²) in [6, 6.07) is 15.5. The minimum Gasteiger partial charge on any atom is -0.459 e. The van der Waals surface area contributed by atoms with E-state index in [2.05, 4.69) is 47.8 Å². The fourth-order valence-electron chi connectivity index (χ4n) is 5.84. The molecule has 1 amide bonds. The van der Waals surface area contributed by atoms with Crippen LogP contribution in [0.15, 0.2) is 54.3 Å². The fourth-order valence-corrected chi connectivity index (χ4v) is 5.84. The molecule has 1 heterocycles. The van der Waals surface area contributed by atoms with Crippen LogP contribution < -0.4 is 5.32 Å². The average Bonchev–Trinajstić information content (AvgIpc) is 3.50. The van der Waals surface area contributed by atoms with Gasteiger partial charge in [0.1, 0.15) is 0 Å². The zero-order valence-electron chi connectivity index (χ0n) is 20.0. The number of aliphatic hydroxyl groups excluding tert-OH is 1. The van der Waals surface area contributed by atoms with E-state index in [1.165, 1.54) is 27.8 Å². The lowest BCUT2D eigenvalue weighted by Gasteiger charge is -2.37. The van der Waals surface area contributed by atoms with Crippen molar-refractivity contribution in [1.29, 1.82) is 0 Å². The highest BCUT2D eigenvalue weighted by Crippen LogP contribution is 2.43. The van der Waals surface area contributed by atoms with E-state index in [1.807, 2.05) is 13.0 Å². The lowest BCUT2D eigenvalue weighted by molar-refractivity contribution is -0.166. The standard InChI is InChI=1S/C29H35NO4/c1-2-33-29-25(12-7-15-31)26(18-27(34-29)28(32)30-22-9-4-5-10-22)20-13-14-24-21(17-20)16-19-8-3-6-11-23(19)24/h3,6,8,11,13-14,17-18,22,25-26,29,31H,2,4-5,7,9-10,12,15-16H2,1H3,(H,30,32)/t25-,26-,29-/m0/s1. The SMILES string of the molecule is CCO[C@H]1OC(C(=O)NC2CCCC2)=C[C@@H](c2ccc3c(c2)Cc2ccccc2-3)[C@@H]1CCCO. The number of benzene rings is 2. The van der Waals surface area contributed by atoms with Crippen molar-refractivity contribution >= 4 is 5.91 Å². The van der Waals surface area contributed by atoms with Gasteiger partial charge in [0.15, 0.2) is 5.76 Å². The first kappa shape index (κ1) is 23.1. The number of amides is 1. The number of carbonyl (C=O) groups is 1. The number of rotatable bonds is 8. The monoisotopic (exact) mass is 461 g/mol. The summed E-state index contributed by atoms with van der Waals surface area (Å²) in [4.78, 5) is 13.1. The Kier molecular flexibility index (Phi) is 7.02. The first-order valence-electron chi connectivity index (χ1n) is 12.8. The molecule has 2 aromatic carbocycles. The predicted molar refractivity (Wildman–Crippen MR) is 132 cm³/mol. The van der Waals surface area contributed by atoms with E-state index in [1.54, 1.807) is 0 Å². The highest BCUT2D eigenvalue weighted by atomic mass is 16.7. The molecule has 1 saturated carbocycles. The van der Waals surface area contributed by atoms with Crippen molar-refractivity contribution in [2.24, 2.45) is 5.92 Å². The van der Waals surface area contributed by atoms with Crippen molar-refractivity contribution in [2.75, 3.05) is 13.2 Å². The molecule has 3 aliphatic rings. The smallest absolute Gasteiger partial charge is 0.286 e. The normalized spacial score (nSPS) is 23.7. The van der Waals surface area contributed by atoms with Gasteiger partial charge in [-0.05, 0) is 72.9 Å². The second kappa shape index (κ2) is 10.3. The van der Waals surface area contributed by atoms with Crippen LogP contribution in [0.4, 0.5) is 0 Å². The summed E-state index contributed by atoms with van der Waals surface area (Å²) in [5, 5.41) is 12.7. The van der Waals surface area contributed by atoms with Crippen molar-refractivity contribution in [3.63, 3.8) is 0 Å². The molecule has 5 nitrogen and oxygen atoms in total. The van der Waals surface area contributed by atoms with Gasteiger partial charge < -0.3 is 19.9 Å². The van der Waals surface area contributed by atoms with Gasteiger partial charge in [-0.15, -0.1) is 0 Å². The molecule has 5 rings (SSSR count). The van der Waals surface area contributed by atoms with Crippen LogP contribution in [0.1, 0.15) is 68.1 Å². The van der Waals surface area contributed by atoms with E-state index >= 15 is 0 Å². The van der Waals surface area contributed by atoms with E-state index in [-0.39, 0.29) is 30.4 Å². The quantitative estimate of drug-likeness (QED) is 0.492. The third-order valence-corrected chi connectivity index (χ3v) is 7.53. The van der Waals surface area contributed by atoms with Crippen molar-refractivity contribution in [3.05, 3.63) is 71.0 Å². The van der Waals surface area contributed by atoms with Crippen molar-refractivity contribution in [1.82, 2.24) is 5.32 Å². The van der Waals surface area contributed by atoms with Gasteiger partial charge in [-0.25, -0.2) is 0 Å². The van der Waals surface area contributed by atoms with Crippen molar-refractivity contribution in [2.45, 2.75) is 70.1 Å². The zero-order chi connectivity index (χ0) is 23.5. The number of allylic oxidation sites excluding steroid dienone is 1. The maximum atomic E-state index is 13.1. The molecule has 0 saturated heterocycles. The number of nitrogens with one attached hydrogen (secondary N) is 1. The Hall–Kier alpha value is -2.63. The highest BCUT2D eigenvalue weighted by molar-refractivity contribution is 5.92. The van der Waals surface area contributed by atoms with E-state index in [9.17, 15) is 9.90 Å². The molecule has 2 aromatic rings. The van der Waals surface area contributed by atoms with Gasteiger partial charge in [0.05, 0.1) is 0 Å². The van der Waals surface area contributed by atoms with E-state index in [4.69, 9.17) is 9.47 Å². The molecular weight excluding hydrogens is 426 g/mol. The minimum atomic E-state index is -0.513. The highest BCUT2D eigenvalue weighted by Gasteiger charge is 2.38. The van der Waals surface area contributed by atoms with Gasteiger partial charge in [0.25, 0.3) is 5.91 Å². The number of carbonyl (C=O) groups excluding carboxylic acids is 1. The number of ether oxygens (including phenoxy) is 2. The summed E-state index contributed by atoms with van der Waals surface area (Å²) < 4.78 is 12.2. The average molecular weight is 462 g/mol. The van der Waals surface area contributed by atoms with Crippen LogP contribution in [-0.4, -0.2) is 36.6 Å². The Labute approximate surface area is 202 Å². The molecule has 1 aliphatic heterocycles. The van der Waals surface area contributed by atoms with Gasteiger partial charge in [-0.2, -0.15) is 0 Å². The summed E-state index contributed by atoms with van der Waals surface area (Å²) in [5.41, 5.74) is 6.46. The van der Waals surface area contributed by atoms with Crippen LogP contribution in [0.3, 0.4) is 0 Å². The second-order valence-corrected chi connectivity index (χ2v) is 9.73. The van der Waals surface area contributed by atoms with E-state index in [0.717, 1.165) is 38.5 Å². The molecule has 1 fully saturated rings. The molecule has 0 spiro atoms. The van der Waals surface area contributed by atoms with Crippen LogP contribution in [0.25, 0.3) is 11.1 Å². The lowest BCUT2D eigenvalue weighted by atomic mass is 9.80. The first-order chi connectivity index (χ1) is 16.7. The maximum Gasteiger partial charge on any atom is 0.286 e. The Morgan fingerprint density at radius 1 is 1.12 bits per heavy atom. The molecule has 3 atom stereocenters. The number of hydrogen-bond donors (Lipinski definition) is 2. The summed E-state index contributed by atoms with van der Waals surface area (Å²) in [5.74, 6) is 0.224. The molecular formula is C29H35NO4. The summed E-state index contributed by atoms with van der Waals surface area (Å²) in [6.45, 7) is 2.58. The predicted octanol–water partition coefficient (Wildman–Crippen LogP) is 5.07. The molecule has 0 bridgehead atoms. The van der Waals surface area contributed by atoms with Crippen molar-refractivity contribution < 1.29 is 19.4 Å². The van der Waals surface area contributed by atoms with Gasteiger partial charge in [0, 0.05) is 31.1 Å². The summed E-state index contributed by atoms with van der Waals surface area (Å²) in [6.07, 6.45) is 8.22. The third-order valence-electron chi connectivity index (χ3n) is 7.53. The van der Waals surface area contributed by atoms with Crippen LogP contribution >= 0.6 is 0 Å². The topological polar surface area (TPSA) is 67.8 Å². The lowest BCUT2D eigenvalue weighted by Crippen LogP contribution is -2.41. The molecule has 2 aliphatic carbocycles. The molecule has 180 valence electrons. The largest absolute Gasteiger partial charge is 0.459 e. The van der Waals surface area contributed by atoms with Gasteiger partial charge >= 0.3 is 0 Å². The van der Waals surface area contributed by atoms with Crippen LogP contribution in [0, 0.1) is 5.92 Å². The maximum absolute atomic E-state index is 13.1. The molecule has 2 N–H and O–H groups in total.